The Bertz CT molecular complexity index is 1210. The molecule has 2 N–H and O–H groups in total. The number of carbonyl (C=O) groups is 2. The van der Waals surface area contributed by atoms with Crippen LogP contribution in [-0.2, 0) is 27.5 Å². The topological polar surface area (TPSA) is 182 Å². The number of esters is 2. The van der Waals surface area contributed by atoms with Crippen molar-refractivity contribution in [3.63, 3.8) is 0 Å². The standard InChI is InChI=1S/C25H28N4O10/c1-25(2,3)22(33)37-13-36-21(32)20-16(38-23-26-14(11-30)9-18(28-23)34-4)7-6-8-17(20)39-24-27-15(12-31)10-19(29-24)35-5/h6-10,30-31H,11-13H2,1-5H3. The fourth-order valence-corrected chi connectivity index (χ4v) is 2.86. The van der Waals surface area contributed by atoms with Crippen molar-refractivity contribution in [3.05, 3.63) is 47.3 Å². The second-order valence-electron chi connectivity index (χ2n) is 8.75. The summed E-state index contributed by atoms with van der Waals surface area (Å²) in [5.74, 6) is -1.58. The van der Waals surface area contributed by atoms with Crippen molar-refractivity contribution in [2.24, 2.45) is 5.41 Å². The molecule has 1 aromatic carbocycles. The van der Waals surface area contributed by atoms with Crippen molar-refractivity contribution in [3.8, 4) is 35.3 Å². The van der Waals surface area contributed by atoms with Gasteiger partial charge in [-0.1, -0.05) is 6.07 Å². The summed E-state index contributed by atoms with van der Waals surface area (Å²) < 4.78 is 31.9. The zero-order valence-corrected chi connectivity index (χ0v) is 22.0. The van der Waals surface area contributed by atoms with E-state index in [-0.39, 0.29) is 52.2 Å². The largest absolute Gasteiger partial charge is 0.481 e. The van der Waals surface area contributed by atoms with Crippen LogP contribution in [0, 0.1) is 5.41 Å². The first-order chi connectivity index (χ1) is 18.6. The van der Waals surface area contributed by atoms with Gasteiger partial charge in [-0.25, -0.2) is 4.79 Å². The summed E-state index contributed by atoms with van der Waals surface area (Å²) in [6.45, 7) is 3.42. The maximum absolute atomic E-state index is 13.2. The number of ether oxygens (including phenoxy) is 6. The van der Waals surface area contributed by atoms with E-state index in [0.29, 0.717) is 0 Å². The highest BCUT2D eigenvalue weighted by Crippen LogP contribution is 2.35. The van der Waals surface area contributed by atoms with E-state index in [1.165, 1.54) is 44.6 Å². The molecule has 3 aromatic rings. The lowest BCUT2D eigenvalue weighted by molar-refractivity contribution is -0.161. The molecule has 0 radical (unpaired) electrons. The molecular weight excluding hydrogens is 516 g/mol. The molecule has 0 unspecified atom stereocenters. The van der Waals surface area contributed by atoms with E-state index >= 15 is 0 Å². The van der Waals surface area contributed by atoms with Crippen molar-refractivity contribution in [1.82, 2.24) is 19.9 Å². The van der Waals surface area contributed by atoms with Crippen LogP contribution in [0.5, 0.6) is 35.3 Å². The van der Waals surface area contributed by atoms with Crippen LogP contribution < -0.4 is 18.9 Å². The number of aromatic nitrogens is 4. The number of methoxy groups -OCH3 is 2. The van der Waals surface area contributed by atoms with Gasteiger partial charge in [-0.2, -0.15) is 19.9 Å². The van der Waals surface area contributed by atoms with E-state index in [1.807, 2.05) is 0 Å². The fourth-order valence-electron chi connectivity index (χ4n) is 2.86. The molecule has 0 saturated carbocycles. The first-order valence-corrected chi connectivity index (χ1v) is 11.5. The van der Waals surface area contributed by atoms with Crippen LogP contribution >= 0.6 is 0 Å². The second kappa shape index (κ2) is 12.8. The lowest BCUT2D eigenvalue weighted by Crippen LogP contribution is -2.25. The summed E-state index contributed by atoms with van der Waals surface area (Å²) in [5.41, 5.74) is -0.671. The predicted octanol–water partition coefficient (Wildman–Crippen LogP) is 2.56. The van der Waals surface area contributed by atoms with Gasteiger partial charge in [0.15, 0.2) is 0 Å². The number of hydrogen-bond donors (Lipinski definition) is 2. The molecule has 14 nitrogen and oxygen atoms in total. The molecule has 39 heavy (non-hydrogen) atoms. The Labute approximate surface area is 223 Å². The van der Waals surface area contributed by atoms with Gasteiger partial charge in [0.2, 0.25) is 18.6 Å². The quantitative estimate of drug-likeness (QED) is 0.265. The summed E-state index contributed by atoms with van der Waals surface area (Å²) >= 11 is 0. The first-order valence-electron chi connectivity index (χ1n) is 11.5. The number of aliphatic hydroxyl groups is 2. The summed E-state index contributed by atoms with van der Waals surface area (Å²) in [5, 5.41) is 19.0. The highest BCUT2D eigenvalue weighted by Gasteiger charge is 2.26. The van der Waals surface area contributed by atoms with Gasteiger partial charge in [0.1, 0.15) is 17.1 Å². The van der Waals surface area contributed by atoms with Crippen LogP contribution in [0.1, 0.15) is 42.5 Å². The minimum atomic E-state index is -0.988. The molecule has 0 aliphatic rings. The second-order valence-corrected chi connectivity index (χ2v) is 8.75. The monoisotopic (exact) mass is 544 g/mol. The summed E-state index contributed by atoms with van der Waals surface area (Å²) in [7, 11) is 2.75. The number of hydrogen-bond acceptors (Lipinski definition) is 14. The van der Waals surface area contributed by atoms with Gasteiger partial charge in [0, 0.05) is 12.1 Å². The number of aliphatic hydroxyl groups excluding tert-OH is 2. The molecule has 2 aromatic heterocycles. The smallest absolute Gasteiger partial charge is 0.348 e. The van der Waals surface area contributed by atoms with E-state index in [1.54, 1.807) is 20.8 Å². The van der Waals surface area contributed by atoms with Crippen molar-refractivity contribution in [2.45, 2.75) is 34.0 Å². The molecule has 14 heteroatoms. The van der Waals surface area contributed by atoms with Gasteiger partial charge in [-0.3, -0.25) is 4.79 Å². The molecule has 208 valence electrons. The highest BCUT2D eigenvalue weighted by molar-refractivity contribution is 5.96. The molecule has 2 heterocycles. The van der Waals surface area contributed by atoms with Gasteiger partial charge in [-0.15, -0.1) is 0 Å². The van der Waals surface area contributed by atoms with Crippen LogP contribution in [0.25, 0.3) is 0 Å². The van der Waals surface area contributed by atoms with Gasteiger partial charge in [0.25, 0.3) is 0 Å². The van der Waals surface area contributed by atoms with Crippen LogP contribution in [-0.4, -0.2) is 63.1 Å². The van der Waals surface area contributed by atoms with Gasteiger partial charge < -0.3 is 38.6 Å². The normalized spacial score (nSPS) is 10.9. The zero-order chi connectivity index (χ0) is 28.6. The number of nitrogens with zero attached hydrogens (tertiary/aromatic N) is 4. The maximum Gasteiger partial charge on any atom is 0.348 e. The van der Waals surface area contributed by atoms with E-state index in [0.717, 1.165) is 0 Å². The van der Waals surface area contributed by atoms with Crippen LogP contribution in [0.15, 0.2) is 30.3 Å². The van der Waals surface area contributed by atoms with Crippen molar-refractivity contribution < 1.29 is 48.2 Å². The Morgan fingerprint density at radius 1 is 0.795 bits per heavy atom. The Kier molecular flexibility index (Phi) is 9.52. The predicted molar refractivity (Wildman–Crippen MR) is 131 cm³/mol. The third kappa shape index (κ3) is 7.72. The van der Waals surface area contributed by atoms with Gasteiger partial charge >= 0.3 is 24.0 Å². The molecular formula is C25H28N4O10. The molecule has 0 fully saturated rings. The SMILES string of the molecule is COc1cc(CO)nc(Oc2cccc(Oc3nc(CO)cc(OC)n3)c2C(=O)OCOC(=O)C(C)(C)C)n1. The minimum absolute atomic E-state index is 0.107. The van der Waals surface area contributed by atoms with E-state index in [4.69, 9.17) is 28.4 Å². The average Bonchev–Trinajstić information content (AvgIpc) is 2.91. The Balaban J connectivity index is 2.00. The van der Waals surface area contributed by atoms with E-state index < -0.39 is 37.4 Å². The van der Waals surface area contributed by atoms with Crippen molar-refractivity contribution >= 4 is 11.9 Å². The molecule has 0 atom stereocenters. The number of rotatable bonds is 11. The lowest BCUT2D eigenvalue weighted by Gasteiger charge is -2.17. The zero-order valence-electron chi connectivity index (χ0n) is 22.0. The lowest BCUT2D eigenvalue weighted by atomic mass is 9.98. The van der Waals surface area contributed by atoms with Gasteiger partial charge in [0.05, 0.1) is 44.2 Å². The summed E-state index contributed by atoms with van der Waals surface area (Å²) in [6.07, 6.45) is 0. The highest BCUT2D eigenvalue weighted by atomic mass is 16.7. The summed E-state index contributed by atoms with van der Waals surface area (Å²) in [4.78, 5) is 41.6. The van der Waals surface area contributed by atoms with Crippen LogP contribution in [0.3, 0.4) is 0 Å². The Morgan fingerprint density at radius 2 is 1.28 bits per heavy atom. The molecule has 0 amide bonds. The van der Waals surface area contributed by atoms with Gasteiger partial charge in [-0.05, 0) is 32.9 Å². The minimum Gasteiger partial charge on any atom is -0.481 e. The van der Waals surface area contributed by atoms with Crippen LogP contribution in [0.2, 0.25) is 0 Å². The van der Waals surface area contributed by atoms with E-state index in [2.05, 4.69) is 19.9 Å². The first kappa shape index (κ1) is 29.0. The van der Waals surface area contributed by atoms with Crippen LogP contribution in [0.4, 0.5) is 0 Å². The molecule has 0 aliphatic heterocycles. The average molecular weight is 545 g/mol. The molecule has 3 rings (SSSR count). The summed E-state index contributed by atoms with van der Waals surface area (Å²) in [6, 6.07) is 6.65. The van der Waals surface area contributed by atoms with Crippen molar-refractivity contribution in [1.29, 1.82) is 0 Å². The van der Waals surface area contributed by atoms with E-state index in [9.17, 15) is 19.8 Å². The number of benzene rings is 1. The molecule has 0 aliphatic carbocycles. The molecule has 0 spiro atoms. The third-order valence-corrected chi connectivity index (χ3v) is 4.80. The third-order valence-electron chi connectivity index (χ3n) is 4.80. The fraction of sp³-hybridized carbons (Fsp3) is 0.360. The Hall–Kier alpha value is -4.56. The molecule has 0 bridgehead atoms. The molecule has 0 saturated heterocycles. The maximum atomic E-state index is 13.2. The number of carbonyl (C=O) groups excluding carboxylic acids is 2. The van der Waals surface area contributed by atoms with Crippen molar-refractivity contribution in [2.75, 3.05) is 21.0 Å². The Morgan fingerprint density at radius 3 is 1.69 bits per heavy atom.